The quantitative estimate of drug-likeness (QED) is 0.520. The lowest BCUT2D eigenvalue weighted by molar-refractivity contribution is 0.0601. The van der Waals surface area contributed by atoms with Gasteiger partial charge in [-0.15, -0.1) is 0 Å². The topological polar surface area (TPSA) is 84.5 Å². The van der Waals surface area contributed by atoms with Crippen molar-refractivity contribution >= 4 is 0 Å². The van der Waals surface area contributed by atoms with Crippen LogP contribution in [0.4, 0.5) is 0 Å². The summed E-state index contributed by atoms with van der Waals surface area (Å²) in [5.41, 5.74) is 17.1. The monoisotopic (exact) mass is 299 g/mol. The lowest BCUT2D eigenvalue weighted by Gasteiger charge is -2.44. The molecule has 126 valence electrons. The lowest BCUT2D eigenvalue weighted by Crippen LogP contribution is -2.53. The normalized spacial score (nSPS) is 23.1. The van der Waals surface area contributed by atoms with Crippen molar-refractivity contribution in [3.8, 4) is 0 Å². The molecule has 1 aliphatic rings. The summed E-state index contributed by atoms with van der Waals surface area (Å²) in [7, 11) is 2.27. The molecule has 0 amide bonds. The highest BCUT2D eigenvalue weighted by Gasteiger charge is 2.31. The van der Waals surface area contributed by atoms with E-state index < -0.39 is 0 Å². The molecule has 1 saturated carbocycles. The first kappa shape index (κ1) is 18.8. The highest BCUT2D eigenvalue weighted by Crippen LogP contribution is 2.27. The maximum absolute atomic E-state index is 5.72. The second-order valence-electron chi connectivity index (χ2n) is 6.36. The van der Waals surface area contributed by atoms with Crippen LogP contribution in [0, 0.1) is 0 Å². The van der Waals surface area contributed by atoms with E-state index in [4.69, 9.17) is 17.2 Å². The van der Waals surface area contributed by atoms with E-state index >= 15 is 0 Å². The van der Waals surface area contributed by atoms with Gasteiger partial charge in [-0.05, 0) is 78.4 Å². The van der Waals surface area contributed by atoms with Gasteiger partial charge in [-0.2, -0.15) is 0 Å². The molecule has 21 heavy (non-hydrogen) atoms. The number of likely N-dealkylation sites (N-methyl/N-ethyl adjacent to an activating group) is 1. The first-order chi connectivity index (χ1) is 10.2. The Morgan fingerprint density at radius 1 is 0.762 bits per heavy atom. The van der Waals surface area contributed by atoms with Crippen LogP contribution in [0.15, 0.2) is 0 Å². The summed E-state index contributed by atoms with van der Waals surface area (Å²) in [6.45, 7) is 5.68. The van der Waals surface area contributed by atoms with Gasteiger partial charge < -0.3 is 22.1 Å². The minimum atomic E-state index is 0.666. The largest absolute Gasteiger partial charge is 0.330 e. The van der Waals surface area contributed by atoms with Gasteiger partial charge in [0.2, 0.25) is 0 Å². The predicted molar refractivity (Wildman–Crippen MR) is 91.3 cm³/mol. The Labute approximate surface area is 131 Å². The van der Waals surface area contributed by atoms with Gasteiger partial charge in [-0.3, -0.25) is 4.90 Å². The third kappa shape index (κ3) is 6.61. The van der Waals surface area contributed by atoms with E-state index in [1.807, 2.05) is 0 Å². The summed E-state index contributed by atoms with van der Waals surface area (Å²) in [5, 5.41) is 0. The van der Waals surface area contributed by atoms with E-state index in [0.717, 1.165) is 58.5 Å². The van der Waals surface area contributed by atoms with E-state index in [-0.39, 0.29) is 0 Å². The first-order valence-corrected chi connectivity index (χ1v) is 8.79. The molecule has 0 heterocycles. The van der Waals surface area contributed by atoms with Crippen molar-refractivity contribution in [2.24, 2.45) is 17.2 Å². The zero-order chi connectivity index (χ0) is 15.5. The van der Waals surface area contributed by atoms with Crippen LogP contribution in [-0.2, 0) is 0 Å². The van der Waals surface area contributed by atoms with Gasteiger partial charge in [0, 0.05) is 12.1 Å². The van der Waals surface area contributed by atoms with E-state index in [2.05, 4.69) is 16.8 Å². The van der Waals surface area contributed by atoms with Gasteiger partial charge in [-0.25, -0.2) is 0 Å². The van der Waals surface area contributed by atoms with Crippen LogP contribution >= 0.6 is 0 Å². The fourth-order valence-electron chi connectivity index (χ4n) is 3.57. The summed E-state index contributed by atoms with van der Waals surface area (Å²) in [6.07, 6.45) is 8.59. The fraction of sp³-hybridized carbons (Fsp3) is 1.00. The molecular formula is C16H37N5. The molecule has 0 aliphatic heterocycles. The molecule has 5 nitrogen and oxygen atoms in total. The molecule has 1 aliphatic carbocycles. The molecule has 0 aromatic carbocycles. The molecule has 0 radical (unpaired) electrons. The van der Waals surface area contributed by atoms with Crippen molar-refractivity contribution in [2.45, 2.75) is 57.0 Å². The van der Waals surface area contributed by atoms with Gasteiger partial charge in [0.1, 0.15) is 0 Å². The molecule has 2 unspecified atom stereocenters. The van der Waals surface area contributed by atoms with Crippen molar-refractivity contribution in [1.29, 1.82) is 0 Å². The Balaban J connectivity index is 2.64. The first-order valence-electron chi connectivity index (χ1n) is 8.79. The van der Waals surface area contributed by atoms with Crippen molar-refractivity contribution in [2.75, 3.05) is 46.3 Å². The number of nitrogens with zero attached hydrogens (tertiary/aromatic N) is 2. The molecule has 0 aromatic rings. The fourth-order valence-corrected chi connectivity index (χ4v) is 3.57. The van der Waals surface area contributed by atoms with Crippen LogP contribution < -0.4 is 17.2 Å². The molecular weight excluding hydrogens is 262 g/mol. The van der Waals surface area contributed by atoms with Crippen LogP contribution in [0.1, 0.15) is 44.9 Å². The Morgan fingerprint density at radius 3 is 1.76 bits per heavy atom. The smallest absolute Gasteiger partial charge is 0.0251 e. The van der Waals surface area contributed by atoms with E-state index in [1.165, 1.54) is 25.7 Å². The number of nitrogens with two attached hydrogens (primary N) is 3. The molecule has 6 N–H and O–H groups in total. The second kappa shape index (κ2) is 11.4. The van der Waals surface area contributed by atoms with Crippen LogP contribution in [0.25, 0.3) is 0 Å². The molecule has 2 atom stereocenters. The molecule has 1 fully saturated rings. The Kier molecular flexibility index (Phi) is 10.2. The van der Waals surface area contributed by atoms with E-state index in [9.17, 15) is 0 Å². The van der Waals surface area contributed by atoms with Crippen molar-refractivity contribution in [1.82, 2.24) is 9.80 Å². The average molecular weight is 300 g/mol. The average Bonchev–Trinajstić information content (AvgIpc) is 2.53. The maximum atomic E-state index is 5.72. The van der Waals surface area contributed by atoms with Crippen LogP contribution in [0.5, 0.6) is 0 Å². The van der Waals surface area contributed by atoms with Crippen molar-refractivity contribution in [3.63, 3.8) is 0 Å². The van der Waals surface area contributed by atoms with Crippen LogP contribution in [0.3, 0.4) is 0 Å². The minimum absolute atomic E-state index is 0.666. The summed E-state index contributed by atoms with van der Waals surface area (Å²) >= 11 is 0. The number of hydrogen-bond donors (Lipinski definition) is 3. The van der Waals surface area contributed by atoms with Gasteiger partial charge in [0.25, 0.3) is 0 Å². The summed E-state index contributed by atoms with van der Waals surface area (Å²) < 4.78 is 0. The Hall–Kier alpha value is -0.200. The number of rotatable bonds is 11. The summed E-state index contributed by atoms with van der Waals surface area (Å²) in [5.74, 6) is 0. The van der Waals surface area contributed by atoms with Crippen molar-refractivity contribution in [3.05, 3.63) is 0 Å². The molecule has 0 bridgehead atoms. The minimum Gasteiger partial charge on any atom is -0.330 e. The molecule has 0 aromatic heterocycles. The summed E-state index contributed by atoms with van der Waals surface area (Å²) in [4.78, 5) is 5.19. The van der Waals surface area contributed by atoms with Crippen LogP contribution in [-0.4, -0.2) is 68.2 Å². The maximum Gasteiger partial charge on any atom is 0.0251 e. The summed E-state index contributed by atoms with van der Waals surface area (Å²) in [6, 6.07) is 1.33. The lowest BCUT2D eigenvalue weighted by atomic mass is 9.87. The van der Waals surface area contributed by atoms with Gasteiger partial charge in [-0.1, -0.05) is 12.8 Å². The second-order valence-corrected chi connectivity index (χ2v) is 6.36. The molecule has 5 heteroatoms. The Bertz CT molecular complexity index is 241. The third-order valence-electron chi connectivity index (χ3n) is 4.74. The van der Waals surface area contributed by atoms with Gasteiger partial charge >= 0.3 is 0 Å². The zero-order valence-electron chi connectivity index (χ0n) is 14.0. The van der Waals surface area contributed by atoms with Crippen LogP contribution in [0.2, 0.25) is 0 Å². The third-order valence-corrected chi connectivity index (χ3v) is 4.74. The standard InChI is InChI=1S/C16H37N5/c1-20(12-4-9-17)15-7-2-3-8-16(15)21(13-5-10-18)14-6-11-19/h15-16H,2-14,17-19H2,1H3. The predicted octanol–water partition coefficient (Wildman–Crippen LogP) is 0.578. The highest BCUT2D eigenvalue weighted by atomic mass is 15.2. The molecule has 0 saturated heterocycles. The zero-order valence-corrected chi connectivity index (χ0v) is 14.0. The van der Waals surface area contributed by atoms with E-state index in [0.29, 0.717) is 12.1 Å². The van der Waals surface area contributed by atoms with Crippen molar-refractivity contribution < 1.29 is 0 Å². The SMILES string of the molecule is CN(CCCN)C1CCCCC1N(CCCN)CCCN. The van der Waals surface area contributed by atoms with Gasteiger partial charge in [0.15, 0.2) is 0 Å². The van der Waals surface area contributed by atoms with Gasteiger partial charge in [0.05, 0.1) is 0 Å². The number of hydrogen-bond acceptors (Lipinski definition) is 5. The Morgan fingerprint density at radius 2 is 1.24 bits per heavy atom. The molecule has 0 spiro atoms. The van der Waals surface area contributed by atoms with E-state index in [1.54, 1.807) is 0 Å². The highest BCUT2D eigenvalue weighted by molar-refractivity contribution is 4.89. The molecule has 1 rings (SSSR count).